The molecule has 84 valence electrons. The number of hydrogen-bond donors (Lipinski definition) is 0. The topological polar surface area (TPSA) is 0 Å². The van der Waals surface area contributed by atoms with Gasteiger partial charge in [0, 0.05) is 10.4 Å². The lowest BCUT2D eigenvalue weighted by molar-refractivity contribution is 0.587. The number of halogens is 4. The van der Waals surface area contributed by atoms with Crippen LogP contribution in [0, 0.1) is 11.6 Å². The summed E-state index contributed by atoms with van der Waals surface area (Å²) in [6.45, 7) is 0. The zero-order valence-corrected chi connectivity index (χ0v) is 10.2. The van der Waals surface area contributed by atoms with Crippen LogP contribution in [0.25, 0.3) is 0 Å². The van der Waals surface area contributed by atoms with Gasteiger partial charge in [-0.05, 0) is 30.3 Å². The van der Waals surface area contributed by atoms with E-state index in [9.17, 15) is 8.78 Å². The van der Waals surface area contributed by atoms with Crippen molar-refractivity contribution in [3.05, 3.63) is 56.7 Å². The van der Waals surface area contributed by atoms with Gasteiger partial charge >= 0.3 is 0 Å². The van der Waals surface area contributed by atoms with Gasteiger partial charge in [-0.1, -0.05) is 11.6 Å². The molecule has 0 aliphatic carbocycles. The lowest BCUT2D eigenvalue weighted by Crippen LogP contribution is -1.95. The summed E-state index contributed by atoms with van der Waals surface area (Å²) in [7, 11) is 0. The van der Waals surface area contributed by atoms with Crippen LogP contribution in [0.1, 0.15) is 15.8 Å². The van der Waals surface area contributed by atoms with Crippen molar-refractivity contribution in [3.63, 3.8) is 0 Å². The molecule has 1 aromatic carbocycles. The van der Waals surface area contributed by atoms with E-state index in [1.807, 2.05) is 0 Å². The molecule has 0 saturated heterocycles. The molecule has 2 aromatic rings. The molecule has 0 radical (unpaired) electrons. The van der Waals surface area contributed by atoms with Crippen molar-refractivity contribution in [1.29, 1.82) is 0 Å². The summed E-state index contributed by atoms with van der Waals surface area (Å²) in [5, 5.41) is -0.715. The lowest BCUT2D eigenvalue weighted by atomic mass is 10.1. The second kappa shape index (κ2) is 4.70. The molecular weight excluding hydrogens is 273 g/mol. The van der Waals surface area contributed by atoms with Crippen LogP contribution in [-0.4, -0.2) is 0 Å². The normalized spacial score (nSPS) is 12.8. The van der Waals surface area contributed by atoms with Gasteiger partial charge in [-0.15, -0.1) is 22.9 Å². The first-order valence-corrected chi connectivity index (χ1v) is 6.05. The predicted octanol–water partition coefficient (Wildman–Crippen LogP) is 5.01. The highest BCUT2D eigenvalue weighted by Gasteiger charge is 2.17. The molecule has 0 bridgehead atoms. The molecule has 0 fully saturated rings. The van der Waals surface area contributed by atoms with Crippen molar-refractivity contribution in [2.45, 2.75) is 5.38 Å². The van der Waals surface area contributed by atoms with Crippen LogP contribution in [0.2, 0.25) is 4.34 Å². The smallest absolute Gasteiger partial charge is 0.128 e. The molecule has 0 saturated carbocycles. The Labute approximate surface area is 105 Å². The molecule has 0 aliphatic heterocycles. The lowest BCUT2D eigenvalue weighted by Gasteiger charge is -2.08. The molecular formula is C11H6Cl2F2S. The zero-order valence-electron chi connectivity index (χ0n) is 7.88. The third-order valence-electron chi connectivity index (χ3n) is 2.07. The minimum absolute atomic E-state index is 0.125. The van der Waals surface area contributed by atoms with Gasteiger partial charge in [0.2, 0.25) is 0 Å². The van der Waals surface area contributed by atoms with E-state index in [1.165, 1.54) is 11.3 Å². The number of alkyl halides is 1. The molecule has 0 amide bonds. The highest BCUT2D eigenvalue weighted by Crippen LogP contribution is 2.36. The van der Waals surface area contributed by atoms with Gasteiger partial charge in [-0.3, -0.25) is 0 Å². The maximum Gasteiger partial charge on any atom is 0.128 e. The maximum absolute atomic E-state index is 13.4. The first-order chi connectivity index (χ1) is 7.58. The fraction of sp³-hybridized carbons (Fsp3) is 0.0909. The van der Waals surface area contributed by atoms with Crippen molar-refractivity contribution >= 4 is 34.5 Å². The van der Waals surface area contributed by atoms with Gasteiger partial charge in [0.05, 0.1) is 9.71 Å². The maximum atomic E-state index is 13.4. The van der Waals surface area contributed by atoms with Crippen molar-refractivity contribution < 1.29 is 8.78 Å². The van der Waals surface area contributed by atoms with Crippen molar-refractivity contribution in [1.82, 2.24) is 0 Å². The molecule has 16 heavy (non-hydrogen) atoms. The Bertz CT molecular complexity index is 510. The average molecular weight is 279 g/mol. The molecule has 2 rings (SSSR count). The summed E-state index contributed by atoms with van der Waals surface area (Å²) < 4.78 is 27.0. The van der Waals surface area contributed by atoms with E-state index in [0.717, 1.165) is 18.2 Å². The minimum Gasteiger partial charge on any atom is -0.207 e. The van der Waals surface area contributed by atoms with Gasteiger partial charge in [-0.2, -0.15) is 0 Å². The van der Waals surface area contributed by atoms with Gasteiger partial charge < -0.3 is 0 Å². The summed E-state index contributed by atoms with van der Waals surface area (Å²) in [4.78, 5) is 0.691. The first kappa shape index (κ1) is 11.8. The van der Waals surface area contributed by atoms with E-state index < -0.39 is 17.0 Å². The molecule has 1 atom stereocenters. The van der Waals surface area contributed by atoms with Crippen LogP contribution in [0.3, 0.4) is 0 Å². The molecule has 0 aliphatic rings. The van der Waals surface area contributed by atoms with Crippen molar-refractivity contribution in [2.75, 3.05) is 0 Å². The molecule has 1 aromatic heterocycles. The van der Waals surface area contributed by atoms with E-state index >= 15 is 0 Å². The molecule has 1 heterocycles. The second-order valence-corrected chi connectivity index (χ2v) is 5.35. The Morgan fingerprint density at radius 2 is 1.88 bits per heavy atom. The first-order valence-electron chi connectivity index (χ1n) is 4.42. The standard InChI is InChI=1S/C11H6Cl2F2S/c12-10-4-3-9(16-10)11(13)7-5-6(14)1-2-8(7)15/h1-5,11H. The predicted molar refractivity (Wildman–Crippen MR) is 63.4 cm³/mol. The SMILES string of the molecule is Fc1ccc(F)c(C(Cl)c2ccc(Cl)s2)c1. The molecule has 0 nitrogen and oxygen atoms in total. The largest absolute Gasteiger partial charge is 0.207 e. The number of thiophene rings is 1. The third kappa shape index (κ3) is 2.37. The average Bonchev–Trinajstić information content (AvgIpc) is 2.67. The Morgan fingerprint density at radius 1 is 1.12 bits per heavy atom. The van der Waals surface area contributed by atoms with Crippen LogP contribution < -0.4 is 0 Å². The fourth-order valence-electron chi connectivity index (χ4n) is 1.33. The van der Waals surface area contributed by atoms with Gasteiger partial charge in [0.1, 0.15) is 11.6 Å². The van der Waals surface area contributed by atoms with Gasteiger partial charge in [0.25, 0.3) is 0 Å². The van der Waals surface area contributed by atoms with Crippen LogP contribution in [0.15, 0.2) is 30.3 Å². The van der Waals surface area contributed by atoms with Crippen LogP contribution in [0.4, 0.5) is 8.78 Å². The Kier molecular flexibility index (Phi) is 3.47. The van der Waals surface area contributed by atoms with Crippen LogP contribution in [-0.2, 0) is 0 Å². The number of benzene rings is 1. The van der Waals surface area contributed by atoms with Crippen molar-refractivity contribution in [3.8, 4) is 0 Å². The summed E-state index contributed by atoms with van der Waals surface area (Å²) >= 11 is 13.1. The Hall–Kier alpha value is -0.640. The molecule has 1 unspecified atom stereocenters. The van der Waals surface area contributed by atoms with E-state index in [4.69, 9.17) is 23.2 Å². The third-order valence-corrected chi connectivity index (χ3v) is 3.97. The molecule has 0 spiro atoms. The summed E-state index contributed by atoms with van der Waals surface area (Å²) in [6.07, 6.45) is 0. The molecule has 0 N–H and O–H groups in total. The quantitative estimate of drug-likeness (QED) is 0.678. The minimum atomic E-state index is -0.715. The number of rotatable bonds is 2. The summed E-state index contributed by atoms with van der Waals surface area (Å²) in [6, 6.07) is 6.60. The van der Waals surface area contributed by atoms with E-state index in [1.54, 1.807) is 12.1 Å². The highest BCUT2D eigenvalue weighted by atomic mass is 35.5. The molecule has 5 heteroatoms. The highest BCUT2D eigenvalue weighted by molar-refractivity contribution is 7.16. The monoisotopic (exact) mass is 278 g/mol. The summed E-state index contributed by atoms with van der Waals surface area (Å²) in [5.41, 5.74) is 0.125. The van der Waals surface area contributed by atoms with Crippen LogP contribution >= 0.6 is 34.5 Å². The van der Waals surface area contributed by atoms with Crippen molar-refractivity contribution in [2.24, 2.45) is 0 Å². The number of hydrogen-bond acceptors (Lipinski definition) is 1. The van der Waals surface area contributed by atoms with Gasteiger partial charge in [0.15, 0.2) is 0 Å². The van der Waals surface area contributed by atoms with E-state index in [-0.39, 0.29) is 5.56 Å². The Morgan fingerprint density at radius 3 is 2.50 bits per heavy atom. The van der Waals surface area contributed by atoms with Crippen LogP contribution in [0.5, 0.6) is 0 Å². The second-order valence-electron chi connectivity index (χ2n) is 3.17. The summed E-state index contributed by atoms with van der Waals surface area (Å²) in [5.74, 6) is -1.03. The zero-order chi connectivity index (χ0) is 11.7. The Balaban J connectivity index is 2.40. The fourth-order valence-corrected chi connectivity index (χ4v) is 2.76. The van der Waals surface area contributed by atoms with E-state index in [0.29, 0.717) is 9.21 Å². The van der Waals surface area contributed by atoms with E-state index in [2.05, 4.69) is 0 Å². The van der Waals surface area contributed by atoms with Gasteiger partial charge in [-0.25, -0.2) is 8.78 Å².